The molecule has 0 amide bonds. The fourth-order valence-electron chi connectivity index (χ4n) is 1.24. The van der Waals surface area contributed by atoms with Crippen LogP contribution in [0.3, 0.4) is 0 Å². The normalized spacial score (nSPS) is 17.3. The zero-order chi connectivity index (χ0) is 9.68. The van der Waals surface area contributed by atoms with Crippen molar-refractivity contribution in [1.29, 1.82) is 0 Å². The fourth-order valence-corrected chi connectivity index (χ4v) is 1.24. The van der Waals surface area contributed by atoms with Crippen LogP contribution in [0.1, 0.15) is 32.6 Å². The lowest BCUT2D eigenvalue weighted by Crippen LogP contribution is -2.43. The Labute approximate surface area is 80.2 Å². The molecule has 1 rings (SSSR count). The van der Waals surface area contributed by atoms with E-state index >= 15 is 0 Å². The van der Waals surface area contributed by atoms with Gasteiger partial charge in [0.05, 0.1) is 0 Å². The molecule has 0 heterocycles. The Morgan fingerprint density at radius 2 is 2.31 bits per heavy atom. The molecule has 0 aromatic heterocycles. The molecule has 13 heavy (non-hydrogen) atoms. The molecule has 4 nitrogen and oxygen atoms in total. The molecule has 1 fully saturated rings. The molecule has 0 radical (unpaired) electrons. The zero-order valence-corrected chi connectivity index (χ0v) is 8.58. The first-order valence-corrected chi connectivity index (χ1v) is 5.03. The standard InChI is InChI=1S/C9H20N4/c1-3-4-7-11-9(12-10)13(2)8-5-6-8/h8H,3-7,10H2,1-2H3,(H,11,12). The molecule has 1 aliphatic rings. The van der Waals surface area contributed by atoms with E-state index in [2.05, 4.69) is 22.2 Å². The highest BCUT2D eigenvalue weighted by molar-refractivity contribution is 5.79. The summed E-state index contributed by atoms with van der Waals surface area (Å²) in [5, 5.41) is 0. The van der Waals surface area contributed by atoms with Gasteiger partial charge in [0, 0.05) is 19.6 Å². The third-order valence-corrected chi connectivity index (χ3v) is 2.33. The highest BCUT2D eigenvalue weighted by Crippen LogP contribution is 2.25. The van der Waals surface area contributed by atoms with Gasteiger partial charge in [-0.3, -0.25) is 10.4 Å². The zero-order valence-electron chi connectivity index (χ0n) is 8.58. The number of nitrogens with zero attached hydrogens (tertiary/aromatic N) is 2. The molecule has 0 saturated heterocycles. The Bertz CT molecular complexity index is 174. The minimum absolute atomic E-state index is 0.663. The molecule has 4 heteroatoms. The summed E-state index contributed by atoms with van der Waals surface area (Å²) >= 11 is 0. The Hall–Kier alpha value is -0.770. The fraction of sp³-hybridized carbons (Fsp3) is 0.889. The summed E-state index contributed by atoms with van der Waals surface area (Å²) in [5.74, 6) is 6.23. The summed E-state index contributed by atoms with van der Waals surface area (Å²) in [6.45, 7) is 3.03. The average Bonchev–Trinajstić information content (AvgIpc) is 2.94. The van der Waals surface area contributed by atoms with Crippen molar-refractivity contribution in [3.05, 3.63) is 0 Å². The number of guanidine groups is 1. The van der Waals surface area contributed by atoms with Crippen LogP contribution in [0, 0.1) is 0 Å². The van der Waals surface area contributed by atoms with Crippen LogP contribution in [0.5, 0.6) is 0 Å². The Kier molecular flexibility index (Phi) is 4.02. The predicted octanol–water partition coefficient (Wildman–Crippen LogP) is 0.700. The first kappa shape index (κ1) is 10.3. The van der Waals surface area contributed by atoms with Crippen molar-refractivity contribution in [3.8, 4) is 0 Å². The molecule has 0 atom stereocenters. The largest absolute Gasteiger partial charge is 0.342 e. The lowest BCUT2D eigenvalue weighted by Gasteiger charge is -2.19. The number of rotatable bonds is 4. The summed E-state index contributed by atoms with van der Waals surface area (Å²) in [4.78, 5) is 6.53. The lowest BCUT2D eigenvalue weighted by molar-refractivity contribution is 0.472. The first-order valence-electron chi connectivity index (χ1n) is 5.03. The molecule has 3 N–H and O–H groups in total. The van der Waals surface area contributed by atoms with Crippen molar-refractivity contribution < 1.29 is 0 Å². The average molecular weight is 184 g/mol. The molecule has 0 aromatic carbocycles. The van der Waals surface area contributed by atoms with E-state index in [9.17, 15) is 0 Å². The maximum atomic E-state index is 5.40. The van der Waals surface area contributed by atoms with E-state index in [1.807, 2.05) is 7.05 Å². The van der Waals surface area contributed by atoms with Crippen molar-refractivity contribution in [2.45, 2.75) is 38.6 Å². The summed E-state index contributed by atoms with van der Waals surface area (Å²) in [7, 11) is 2.04. The van der Waals surface area contributed by atoms with Gasteiger partial charge in [0.25, 0.3) is 0 Å². The molecule has 0 bridgehead atoms. The number of hydrazine groups is 1. The summed E-state index contributed by atoms with van der Waals surface area (Å²) in [6, 6.07) is 0.663. The van der Waals surface area contributed by atoms with Gasteiger partial charge in [0.2, 0.25) is 5.96 Å². The van der Waals surface area contributed by atoms with Gasteiger partial charge in [-0.05, 0) is 19.3 Å². The number of nitrogens with two attached hydrogens (primary N) is 1. The molecule has 76 valence electrons. The first-order chi connectivity index (χ1) is 6.29. The van der Waals surface area contributed by atoms with Crippen LogP contribution in [0.4, 0.5) is 0 Å². The monoisotopic (exact) mass is 184 g/mol. The highest BCUT2D eigenvalue weighted by atomic mass is 15.4. The molecule has 0 spiro atoms. The van der Waals surface area contributed by atoms with Gasteiger partial charge >= 0.3 is 0 Å². The van der Waals surface area contributed by atoms with Crippen LogP contribution in [0.15, 0.2) is 4.99 Å². The van der Waals surface area contributed by atoms with E-state index in [1.165, 1.54) is 19.3 Å². The van der Waals surface area contributed by atoms with Gasteiger partial charge in [-0.2, -0.15) is 0 Å². The Morgan fingerprint density at radius 1 is 1.62 bits per heavy atom. The minimum atomic E-state index is 0.663. The van der Waals surface area contributed by atoms with E-state index in [-0.39, 0.29) is 0 Å². The van der Waals surface area contributed by atoms with Gasteiger partial charge in [0.15, 0.2) is 0 Å². The smallest absolute Gasteiger partial charge is 0.208 e. The maximum absolute atomic E-state index is 5.40. The van der Waals surface area contributed by atoms with Crippen LogP contribution in [-0.2, 0) is 0 Å². The summed E-state index contributed by atoms with van der Waals surface area (Å²) in [6.07, 6.45) is 4.84. The molecule has 1 aliphatic carbocycles. The molecule has 1 saturated carbocycles. The third-order valence-electron chi connectivity index (χ3n) is 2.33. The second-order valence-electron chi connectivity index (χ2n) is 3.55. The van der Waals surface area contributed by atoms with E-state index < -0.39 is 0 Å². The minimum Gasteiger partial charge on any atom is -0.342 e. The van der Waals surface area contributed by atoms with E-state index in [0.29, 0.717) is 6.04 Å². The summed E-state index contributed by atoms with van der Waals surface area (Å²) < 4.78 is 0. The van der Waals surface area contributed by atoms with Gasteiger partial charge in [-0.15, -0.1) is 0 Å². The van der Waals surface area contributed by atoms with Crippen molar-refractivity contribution in [1.82, 2.24) is 10.3 Å². The number of nitrogens with one attached hydrogen (secondary N) is 1. The quantitative estimate of drug-likeness (QED) is 0.222. The number of aliphatic imine (C=N–C) groups is 1. The Morgan fingerprint density at radius 3 is 2.77 bits per heavy atom. The van der Waals surface area contributed by atoms with Crippen molar-refractivity contribution in [2.75, 3.05) is 13.6 Å². The summed E-state index contributed by atoms with van der Waals surface area (Å²) in [5.41, 5.74) is 2.66. The lowest BCUT2D eigenvalue weighted by atomic mass is 10.3. The van der Waals surface area contributed by atoms with Gasteiger partial charge in [-0.1, -0.05) is 13.3 Å². The van der Waals surface area contributed by atoms with Crippen LogP contribution in [0.2, 0.25) is 0 Å². The predicted molar refractivity (Wildman–Crippen MR) is 55.3 cm³/mol. The van der Waals surface area contributed by atoms with Crippen LogP contribution >= 0.6 is 0 Å². The SMILES string of the molecule is CCCCN=C(NN)N(C)C1CC1. The van der Waals surface area contributed by atoms with Gasteiger partial charge in [0.1, 0.15) is 0 Å². The van der Waals surface area contributed by atoms with Crippen LogP contribution in [-0.4, -0.2) is 30.5 Å². The van der Waals surface area contributed by atoms with Gasteiger partial charge < -0.3 is 4.90 Å². The topological polar surface area (TPSA) is 53.6 Å². The van der Waals surface area contributed by atoms with Crippen molar-refractivity contribution >= 4 is 5.96 Å². The Balaban J connectivity index is 2.34. The molecule has 0 unspecified atom stereocenters. The molecular formula is C9H20N4. The maximum Gasteiger partial charge on any atom is 0.208 e. The number of unbranched alkanes of at least 4 members (excludes halogenated alkanes) is 1. The van der Waals surface area contributed by atoms with Crippen LogP contribution < -0.4 is 11.3 Å². The van der Waals surface area contributed by atoms with Crippen LogP contribution in [0.25, 0.3) is 0 Å². The highest BCUT2D eigenvalue weighted by Gasteiger charge is 2.27. The second-order valence-corrected chi connectivity index (χ2v) is 3.55. The molecular weight excluding hydrogens is 164 g/mol. The van der Waals surface area contributed by atoms with Crippen molar-refractivity contribution in [3.63, 3.8) is 0 Å². The molecule has 0 aliphatic heterocycles. The van der Waals surface area contributed by atoms with E-state index in [0.717, 1.165) is 18.9 Å². The number of hydrogen-bond donors (Lipinski definition) is 2. The second kappa shape index (κ2) is 5.07. The third kappa shape index (κ3) is 3.22. The number of hydrogen-bond acceptors (Lipinski definition) is 2. The molecule has 0 aromatic rings. The van der Waals surface area contributed by atoms with Crippen molar-refractivity contribution in [2.24, 2.45) is 10.8 Å². The van der Waals surface area contributed by atoms with Gasteiger partial charge in [-0.25, -0.2) is 5.84 Å². The van der Waals surface area contributed by atoms with E-state index in [4.69, 9.17) is 5.84 Å². The van der Waals surface area contributed by atoms with E-state index in [1.54, 1.807) is 0 Å².